The summed E-state index contributed by atoms with van der Waals surface area (Å²) in [5, 5.41) is 10.2. The van der Waals surface area contributed by atoms with Gasteiger partial charge in [0.15, 0.2) is 5.76 Å². The lowest BCUT2D eigenvalue weighted by Gasteiger charge is -2.08. The van der Waals surface area contributed by atoms with Gasteiger partial charge < -0.3 is 14.5 Å². The highest BCUT2D eigenvalue weighted by molar-refractivity contribution is 6.32. The number of methoxy groups -OCH3 is 1. The number of hydrogen-bond donors (Lipinski definition) is 2. The summed E-state index contributed by atoms with van der Waals surface area (Å²) in [6.07, 6.45) is 1.53. The van der Waals surface area contributed by atoms with Crippen LogP contribution in [-0.4, -0.2) is 23.2 Å². The number of H-pyrrole nitrogens is 1. The van der Waals surface area contributed by atoms with Gasteiger partial charge in [-0.05, 0) is 37.3 Å². The van der Waals surface area contributed by atoms with Crippen LogP contribution in [0.25, 0.3) is 11.5 Å². The number of aryl methyl sites for hydroxylation is 1. The Morgan fingerprint density at radius 1 is 1.39 bits per heavy atom. The van der Waals surface area contributed by atoms with Gasteiger partial charge >= 0.3 is 0 Å². The number of amides is 1. The Labute approximate surface area is 137 Å². The minimum atomic E-state index is -0.302. The third-order valence-electron chi connectivity index (χ3n) is 3.34. The number of aromatic nitrogens is 2. The van der Waals surface area contributed by atoms with Crippen molar-refractivity contribution in [1.82, 2.24) is 10.2 Å². The third kappa shape index (κ3) is 2.93. The van der Waals surface area contributed by atoms with Gasteiger partial charge in [0, 0.05) is 11.4 Å². The number of anilines is 1. The molecular weight excluding hydrogens is 318 g/mol. The summed E-state index contributed by atoms with van der Waals surface area (Å²) in [5.74, 6) is 0.761. The van der Waals surface area contributed by atoms with Crippen molar-refractivity contribution < 1.29 is 13.9 Å². The number of benzene rings is 1. The first-order valence-electron chi connectivity index (χ1n) is 6.84. The van der Waals surface area contributed by atoms with Crippen molar-refractivity contribution in [3.05, 3.63) is 52.9 Å². The molecule has 2 N–H and O–H groups in total. The van der Waals surface area contributed by atoms with Gasteiger partial charge in [-0.1, -0.05) is 11.6 Å². The third-order valence-corrected chi connectivity index (χ3v) is 3.63. The van der Waals surface area contributed by atoms with Crippen LogP contribution < -0.4 is 10.1 Å². The van der Waals surface area contributed by atoms with Crippen molar-refractivity contribution in [3.63, 3.8) is 0 Å². The molecule has 3 aromatic rings. The van der Waals surface area contributed by atoms with Gasteiger partial charge in [-0.3, -0.25) is 9.89 Å². The summed E-state index contributed by atoms with van der Waals surface area (Å²) >= 11 is 6.07. The minimum absolute atomic E-state index is 0.302. The highest BCUT2D eigenvalue weighted by Gasteiger charge is 2.21. The molecule has 0 spiro atoms. The fraction of sp³-hybridized carbons (Fsp3) is 0.125. The Bertz CT molecular complexity index is 840. The highest BCUT2D eigenvalue weighted by atomic mass is 35.5. The second kappa shape index (κ2) is 6.18. The van der Waals surface area contributed by atoms with Gasteiger partial charge in [-0.2, -0.15) is 5.10 Å². The fourth-order valence-corrected chi connectivity index (χ4v) is 2.49. The summed E-state index contributed by atoms with van der Waals surface area (Å²) in [6.45, 7) is 1.77. The monoisotopic (exact) mass is 331 g/mol. The number of hydrogen-bond acceptors (Lipinski definition) is 4. The first kappa shape index (κ1) is 15.2. The number of ether oxygens (including phenoxy) is 1. The number of carbonyl (C=O) groups is 1. The van der Waals surface area contributed by atoms with Crippen LogP contribution in [-0.2, 0) is 0 Å². The lowest BCUT2D eigenvalue weighted by atomic mass is 10.1. The lowest BCUT2D eigenvalue weighted by molar-refractivity contribution is 0.102. The minimum Gasteiger partial charge on any atom is -0.495 e. The molecule has 0 aliphatic carbocycles. The van der Waals surface area contributed by atoms with E-state index in [1.807, 2.05) is 0 Å². The number of nitrogens with one attached hydrogen (secondary N) is 2. The first-order chi connectivity index (χ1) is 11.1. The Hall–Kier alpha value is -2.73. The molecule has 2 heterocycles. The van der Waals surface area contributed by atoms with Crippen LogP contribution in [0.5, 0.6) is 5.75 Å². The topological polar surface area (TPSA) is 80.2 Å². The van der Waals surface area contributed by atoms with Crippen LogP contribution in [0.2, 0.25) is 5.02 Å². The predicted molar refractivity (Wildman–Crippen MR) is 87.0 cm³/mol. The number of furan rings is 1. The number of nitrogens with zero attached hydrogens (tertiary/aromatic N) is 1. The number of carbonyl (C=O) groups excluding carboxylic acids is 1. The zero-order chi connectivity index (χ0) is 16.4. The van der Waals surface area contributed by atoms with Crippen molar-refractivity contribution in [3.8, 4) is 17.2 Å². The van der Waals surface area contributed by atoms with E-state index in [0.29, 0.717) is 39.2 Å². The molecule has 0 saturated heterocycles. The van der Waals surface area contributed by atoms with Crippen molar-refractivity contribution in [2.45, 2.75) is 6.92 Å². The van der Waals surface area contributed by atoms with E-state index in [0.717, 1.165) is 0 Å². The van der Waals surface area contributed by atoms with Crippen LogP contribution in [0.3, 0.4) is 0 Å². The van der Waals surface area contributed by atoms with Crippen LogP contribution >= 0.6 is 11.6 Å². The molecule has 0 fully saturated rings. The Kier molecular flexibility index (Phi) is 4.08. The van der Waals surface area contributed by atoms with E-state index >= 15 is 0 Å². The normalized spacial score (nSPS) is 10.6. The van der Waals surface area contributed by atoms with Gasteiger partial charge in [0.1, 0.15) is 11.4 Å². The molecule has 0 unspecified atom stereocenters. The highest BCUT2D eigenvalue weighted by Crippen LogP contribution is 2.29. The molecule has 1 amide bonds. The van der Waals surface area contributed by atoms with E-state index in [9.17, 15) is 4.79 Å². The Morgan fingerprint density at radius 3 is 2.87 bits per heavy atom. The van der Waals surface area contributed by atoms with Crippen molar-refractivity contribution in [2.24, 2.45) is 0 Å². The molecule has 1 aromatic carbocycles. The van der Waals surface area contributed by atoms with E-state index in [4.69, 9.17) is 20.8 Å². The molecular formula is C16H14ClN3O3. The maximum absolute atomic E-state index is 12.6. The van der Waals surface area contributed by atoms with Crippen LogP contribution in [0.15, 0.2) is 41.0 Å². The number of aromatic amines is 1. The zero-order valence-corrected chi connectivity index (χ0v) is 13.3. The van der Waals surface area contributed by atoms with Crippen LogP contribution in [0.4, 0.5) is 5.69 Å². The second-order valence-electron chi connectivity index (χ2n) is 4.85. The quantitative estimate of drug-likeness (QED) is 0.760. The summed E-state index contributed by atoms with van der Waals surface area (Å²) in [6, 6.07) is 8.51. The van der Waals surface area contributed by atoms with E-state index in [1.54, 1.807) is 37.3 Å². The summed E-state index contributed by atoms with van der Waals surface area (Å²) in [7, 11) is 1.53. The van der Waals surface area contributed by atoms with Crippen molar-refractivity contribution in [1.29, 1.82) is 0 Å². The van der Waals surface area contributed by atoms with E-state index in [-0.39, 0.29) is 5.91 Å². The molecule has 118 valence electrons. The average molecular weight is 332 g/mol. The molecule has 23 heavy (non-hydrogen) atoms. The standard InChI is InChI=1S/C16H14ClN3O3/c1-9-14(15(20-19-9)13-4-3-7-23-13)16(21)18-10-5-6-12(22-2)11(17)8-10/h3-8H,1-2H3,(H,18,21)(H,19,20). The fourth-order valence-electron chi connectivity index (χ4n) is 2.24. The molecule has 0 bridgehead atoms. The zero-order valence-electron chi connectivity index (χ0n) is 12.5. The summed E-state index contributed by atoms with van der Waals surface area (Å²) in [5.41, 5.74) is 2.09. The van der Waals surface area contributed by atoms with Gasteiger partial charge in [0.05, 0.1) is 24.0 Å². The molecule has 0 saturated carbocycles. The number of rotatable bonds is 4. The maximum Gasteiger partial charge on any atom is 0.259 e. The average Bonchev–Trinajstić information content (AvgIpc) is 3.16. The molecule has 2 aromatic heterocycles. The molecule has 0 radical (unpaired) electrons. The Morgan fingerprint density at radius 2 is 2.22 bits per heavy atom. The smallest absolute Gasteiger partial charge is 0.259 e. The van der Waals surface area contributed by atoms with E-state index in [2.05, 4.69) is 15.5 Å². The van der Waals surface area contributed by atoms with Crippen molar-refractivity contribution in [2.75, 3.05) is 12.4 Å². The largest absolute Gasteiger partial charge is 0.495 e. The van der Waals surface area contributed by atoms with Gasteiger partial charge in [-0.25, -0.2) is 0 Å². The summed E-state index contributed by atoms with van der Waals surface area (Å²) in [4.78, 5) is 12.6. The van der Waals surface area contributed by atoms with Crippen LogP contribution in [0.1, 0.15) is 16.1 Å². The molecule has 6 nitrogen and oxygen atoms in total. The van der Waals surface area contributed by atoms with Gasteiger partial charge in [-0.15, -0.1) is 0 Å². The van der Waals surface area contributed by atoms with Gasteiger partial charge in [0.25, 0.3) is 5.91 Å². The van der Waals surface area contributed by atoms with Gasteiger partial charge in [0.2, 0.25) is 0 Å². The molecule has 7 heteroatoms. The molecule has 0 atom stereocenters. The van der Waals surface area contributed by atoms with E-state index in [1.165, 1.54) is 13.4 Å². The van der Waals surface area contributed by atoms with Crippen molar-refractivity contribution >= 4 is 23.2 Å². The lowest BCUT2D eigenvalue weighted by Crippen LogP contribution is -2.13. The summed E-state index contributed by atoms with van der Waals surface area (Å²) < 4.78 is 10.4. The molecule has 3 rings (SSSR count). The first-order valence-corrected chi connectivity index (χ1v) is 7.21. The maximum atomic E-state index is 12.6. The molecule has 0 aliphatic rings. The van der Waals surface area contributed by atoms with E-state index < -0.39 is 0 Å². The number of halogens is 1. The Balaban J connectivity index is 1.90. The molecule has 0 aliphatic heterocycles. The second-order valence-corrected chi connectivity index (χ2v) is 5.26. The van der Waals surface area contributed by atoms with Crippen LogP contribution in [0, 0.1) is 6.92 Å². The SMILES string of the molecule is COc1ccc(NC(=O)c2c(-c3ccco3)n[nH]c2C)cc1Cl. The predicted octanol–water partition coefficient (Wildman–Crippen LogP) is 3.89.